The Morgan fingerprint density at radius 1 is 1.29 bits per heavy atom. The van der Waals surface area contributed by atoms with Gasteiger partial charge >= 0.3 is 0 Å². The number of hydrogen-bond acceptors (Lipinski definition) is 8. The van der Waals surface area contributed by atoms with E-state index in [4.69, 9.17) is 4.74 Å². The van der Waals surface area contributed by atoms with Crippen molar-refractivity contribution in [2.75, 3.05) is 36.5 Å². The van der Waals surface area contributed by atoms with Crippen molar-refractivity contribution in [2.24, 2.45) is 0 Å². The van der Waals surface area contributed by atoms with Crippen LogP contribution >= 0.6 is 0 Å². The van der Waals surface area contributed by atoms with E-state index >= 15 is 0 Å². The van der Waals surface area contributed by atoms with Gasteiger partial charge in [0.25, 0.3) is 0 Å². The molecule has 12 heteroatoms. The highest BCUT2D eigenvalue weighted by Crippen LogP contribution is 2.27. The standard InChI is InChI=1S/C16H25N3O7S2/c1-3-26-15-5-4-12(19-11(2)20)8-16(15)28(24,25)18-7-6-17-13-9-27(22,23)10-14(13)21/h4-5,8,13-14,17-18,21H,3,6-7,9-10H2,1-2H3,(H,19,20). The fraction of sp³-hybridized carbons (Fsp3) is 0.562. The number of nitrogens with one attached hydrogen (secondary N) is 3. The minimum Gasteiger partial charge on any atom is -0.492 e. The summed E-state index contributed by atoms with van der Waals surface area (Å²) >= 11 is 0. The molecule has 1 aliphatic rings. The lowest BCUT2D eigenvalue weighted by Crippen LogP contribution is -2.42. The lowest BCUT2D eigenvalue weighted by atomic mass is 10.2. The molecular formula is C16H25N3O7S2. The number of anilines is 1. The second-order valence-corrected chi connectivity index (χ2v) is 10.3. The van der Waals surface area contributed by atoms with Gasteiger partial charge in [0.15, 0.2) is 9.84 Å². The number of rotatable bonds is 9. The van der Waals surface area contributed by atoms with Crippen molar-refractivity contribution in [1.82, 2.24) is 10.0 Å². The van der Waals surface area contributed by atoms with Crippen LogP contribution < -0.4 is 20.1 Å². The minimum absolute atomic E-state index is 0.0263. The van der Waals surface area contributed by atoms with Crippen molar-refractivity contribution in [1.29, 1.82) is 0 Å². The maximum absolute atomic E-state index is 12.7. The molecule has 1 heterocycles. The van der Waals surface area contributed by atoms with Crippen molar-refractivity contribution in [3.05, 3.63) is 18.2 Å². The van der Waals surface area contributed by atoms with Gasteiger partial charge in [-0.15, -0.1) is 0 Å². The van der Waals surface area contributed by atoms with Crippen molar-refractivity contribution < 1.29 is 31.5 Å². The highest BCUT2D eigenvalue weighted by molar-refractivity contribution is 7.91. The molecule has 1 fully saturated rings. The lowest BCUT2D eigenvalue weighted by molar-refractivity contribution is -0.114. The predicted octanol–water partition coefficient (Wildman–Crippen LogP) is -0.930. The molecule has 0 radical (unpaired) electrons. The Bertz CT molecular complexity index is 916. The number of aliphatic hydroxyl groups excluding tert-OH is 1. The molecule has 1 saturated heterocycles. The van der Waals surface area contributed by atoms with Crippen molar-refractivity contribution in [3.63, 3.8) is 0 Å². The summed E-state index contributed by atoms with van der Waals surface area (Å²) in [6.45, 7) is 3.40. The third-order valence-electron chi connectivity index (χ3n) is 4.00. The molecule has 28 heavy (non-hydrogen) atoms. The Balaban J connectivity index is 2.03. The zero-order valence-corrected chi connectivity index (χ0v) is 17.3. The van der Waals surface area contributed by atoms with Gasteiger partial charge in [-0.2, -0.15) is 0 Å². The molecule has 1 aromatic carbocycles. The van der Waals surface area contributed by atoms with Crippen LogP contribution in [0.2, 0.25) is 0 Å². The third-order valence-corrected chi connectivity index (χ3v) is 7.20. The van der Waals surface area contributed by atoms with Gasteiger partial charge in [0.2, 0.25) is 15.9 Å². The number of hydrogen-bond donors (Lipinski definition) is 4. The van der Waals surface area contributed by atoms with Gasteiger partial charge < -0.3 is 20.5 Å². The topological polar surface area (TPSA) is 151 Å². The van der Waals surface area contributed by atoms with Crippen molar-refractivity contribution >= 4 is 31.5 Å². The zero-order valence-electron chi connectivity index (χ0n) is 15.6. The Labute approximate surface area is 164 Å². The van der Waals surface area contributed by atoms with E-state index in [0.717, 1.165) is 0 Å². The molecule has 0 aromatic heterocycles. The second kappa shape index (κ2) is 9.18. The summed E-state index contributed by atoms with van der Waals surface area (Å²) in [6, 6.07) is 3.67. The summed E-state index contributed by atoms with van der Waals surface area (Å²) in [4.78, 5) is 11.1. The average molecular weight is 436 g/mol. The average Bonchev–Trinajstić information content (AvgIpc) is 2.84. The van der Waals surface area contributed by atoms with Gasteiger partial charge in [-0.1, -0.05) is 0 Å². The van der Waals surface area contributed by atoms with Gasteiger partial charge in [0.1, 0.15) is 10.6 Å². The summed E-state index contributed by atoms with van der Waals surface area (Å²) in [5.74, 6) is -0.679. The summed E-state index contributed by atoms with van der Waals surface area (Å²) in [5.41, 5.74) is 0.314. The number of carbonyl (C=O) groups excluding carboxylic acids is 1. The van der Waals surface area contributed by atoms with Gasteiger partial charge in [-0.05, 0) is 25.1 Å². The molecule has 1 amide bonds. The zero-order chi connectivity index (χ0) is 20.9. The highest BCUT2D eigenvalue weighted by atomic mass is 32.2. The molecule has 1 aromatic rings. The van der Waals surface area contributed by atoms with Crippen molar-refractivity contribution in [2.45, 2.75) is 30.9 Å². The quantitative estimate of drug-likeness (QED) is 0.363. The molecule has 0 bridgehead atoms. The molecule has 0 saturated carbocycles. The Hall–Kier alpha value is -1.73. The maximum atomic E-state index is 12.7. The number of sulfonamides is 1. The molecule has 158 valence electrons. The number of aliphatic hydroxyl groups is 1. The molecular weight excluding hydrogens is 410 g/mol. The predicted molar refractivity (Wildman–Crippen MR) is 104 cm³/mol. The van der Waals surface area contributed by atoms with Crippen molar-refractivity contribution in [3.8, 4) is 5.75 Å². The Kier molecular flexibility index (Phi) is 7.39. The molecule has 0 aliphatic carbocycles. The van der Waals surface area contributed by atoms with Crippen LogP contribution in [-0.4, -0.2) is 71.2 Å². The molecule has 4 N–H and O–H groups in total. The first kappa shape index (κ1) is 22.6. The normalized spacial score (nSPS) is 21.4. The van der Waals surface area contributed by atoms with Crippen LogP contribution in [0.5, 0.6) is 5.75 Å². The smallest absolute Gasteiger partial charge is 0.244 e. The largest absolute Gasteiger partial charge is 0.492 e. The first-order valence-corrected chi connectivity index (χ1v) is 12.0. The fourth-order valence-electron chi connectivity index (χ4n) is 2.82. The van der Waals surface area contributed by atoms with Gasteiger partial charge in [0, 0.05) is 31.7 Å². The van der Waals surface area contributed by atoms with Gasteiger partial charge in [0.05, 0.1) is 24.2 Å². The number of sulfone groups is 1. The SMILES string of the molecule is CCOc1ccc(NC(C)=O)cc1S(=O)(=O)NCCNC1CS(=O)(=O)CC1O. The second-order valence-electron chi connectivity index (χ2n) is 6.38. The van der Waals surface area contributed by atoms with E-state index in [-0.39, 0.29) is 47.8 Å². The van der Waals surface area contributed by atoms with Crippen LogP contribution in [0.4, 0.5) is 5.69 Å². The molecule has 10 nitrogen and oxygen atoms in total. The van der Waals surface area contributed by atoms with E-state index < -0.39 is 32.0 Å². The maximum Gasteiger partial charge on any atom is 0.244 e. The summed E-state index contributed by atoms with van der Waals surface area (Å²) in [6.07, 6.45) is -1.01. The van der Waals surface area contributed by atoms with Crippen LogP contribution in [-0.2, 0) is 24.7 Å². The van der Waals surface area contributed by atoms with E-state index in [9.17, 15) is 26.7 Å². The minimum atomic E-state index is -3.95. The Morgan fingerprint density at radius 3 is 2.57 bits per heavy atom. The monoisotopic (exact) mass is 435 g/mol. The Morgan fingerprint density at radius 2 is 2.00 bits per heavy atom. The number of amides is 1. The number of benzene rings is 1. The first-order valence-electron chi connectivity index (χ1n) is 8.70. The molecule has 2 atom stereocenters. The van der Waals surface area contributed by atoms with Crippen LogP contribution in [0.1, 0.15) is 13.8 Å². The van der Waals surface area contributed by atoms with Crippen LogP contribution in [0, 0.1) is 0 Å². The summed E-state index contributed by atoms with van der Waals surface area (Å²) in [7, 11) is -7.23. The van der Waals surface area contributed by atoms with Crippen LogP contribution in [0.3, 0.4) is 0 Å². The van der Waals surface area contributed by atoms with Crippen LogP contribution in [0.15, 0.2) is 23.1 Å². The number of ether oxygens (including phenoxy) is 1. The van der Waals surface area contributed by atoms with Gasteiger partial charge in [-0.25, -0.2) is 21.6 Å². The van der Waals surface area contributed by atoms with E-state index in [1.54, 1.807) is 6.92 Å². The fourth-order valence-corrected chi connectivity index (χ4v) is 5.79. The summed E-state index contributed by atoms with van der Waals surface area (Å²) in [5, 5.41) is 15.1. The summed E-state index contributed by atoms with van der Waals surface area (Å²) < 4.78 is 56.0. The van der Waals surface area contributed by atoms with Crippen LogP contribution in [0.25, 0.3) is 0 Å². The third kappa shape index (κ3) is 6.14. The van der Waals surface area contributed by atoms with Gasteiger partial charge in [-0.3, -0.25) is 4.79 Å². The molecule has 2 unspecified atom stereocenters. The van der Waals surface area contributed by atoms with E-state index in [0.29, 0.717) is 5.69 Å². The van der Waals surface area contributed by atoms with E-state index in [1.165, 1.54) is 25.1 Å². The van der Waals surface area contributed by atoms with E-state index in [1.807, 2.05) is 0 Å². The number of carbonyl (C=O) groups is 1. The molecule has 2 rings (SSSR count). The molecule has 0 spiro atoms. The highest BCUT2D eigenvalue weighted by Gasteiger charge is 2.35. The molecule has 1 aliphatic heterocycles. The lowest BCUT2D eigenvalue weighted by Gasteiger charge is -2.16. The first-order chi connectivity index (χ1) is 13.0. The van der Waals surface area contributed by atoms with E-state index in [2.05, 4.69) is 15.4 Å².